The Labute approximate surface area is 235 Å². The summed E-state index contributed by atoms with van der Waals surface area (Å²) < 4.78 is 6.63. The molecule has 0 aromatic heterocycles. The van der Waals surface area contributed by atoms with Crippen molar-refractivity contribution in [1.29, 1.82) is 0 Å². The van der Waals surface area contributed by atoms with E-state index in [0.717, 1.165) is 23.1 Å². The van der Waals surface area contributed by atoms with Gasteiger partial charge in [0.05, 0.1) is 0 Å². The molecule has 0 saturated heterocycles. The van der Waals surface area contributed by atoms with Crippen LogP contribution in [-0.2, 0) is 13.0 Å². The van der Waals surface area contributed by atoms with Gasteiger partial charge in [0, 0.05) is 10.3 Å². The largest absolute Gasteiger partial charge is 0.488 e. The molecule has 190 valence electrons. The number of hydrogen-bond acceptors (Lipinski definition) is 2. The first-order valence-corrected chi connectivity index (χ1v) is 14.5. The van der Waals surface area contributed by atoms with Gasteiger partial charge in [-0.15, -0.1) is 11.8 Å². The monoisotopic (exact) mass is 522 g/mol. The van der Waals surface area contributed by atoms with Crippen LogP contribution in [0.1, 0.15) is 16.7 Å². The maximum absolute atomic E-state index is 6.63. The molecule has 0 spiro atoms. The first-order chi connectivity index (χ1) is 19.3. The standard InChI is InChI=1S/C37H30OS/c1-39-36-25-34-33(24-32(36)29-18-10-4-11-19-29)35(38-26-28-16-8-3-9-17-28)23-31(22-27-14-6-2-7-15-27)37(34)30-20-12-5-13-21-30/h2-21,23-25H,22,26H2,1H3. The van der Waals surface area contributed by atoms with Crippen LogP contribution in [0.2, 0.25) is 0 Å². The lowest BCUT2D eigenvalue weighted by Gasteiger charge is -2.20. The van der Waals surface area contributed by atoms with E-state index in [1.807, 2.05) is 6.07 Å². The van der Waals surface area contributed by atoms with E-state index in [9.17, 15) is 0 Å². The van der Waals surface area contributed by atoms with Crippen molar-refractivity contribution in [3.63, 3.8) is 0 Å². The zero-order valence-electron chi connectivity index (χ0n) is 22.0. The van der Waals surface area contributed by atoms with E-state index in [1.54, 1.807) is 11.8 Å². The predicted octanol–water partition coefficient (Wildman–Crippen LogP) is 10.1. The van der Waals surface area contributed by atoms with E-state index in [2.05, 4.69) is 140 Å². The van der Waals surface area contributed by atoms with Gasteiger partial charge in [0.2, 0.25) is 0 Å². The van der Waals surface area contributed by atoms with E-state index >= 15 is 0 Å². The van der Waals surface area contributed by atoms with Crippen LogP contribution in [0, 0.1) is 0 Å². The predicted molar refractivity (Wildman–Crippen MR) is 167 cm³/mol. The molecular formula is C37H30OS. The van der Waals surface area contributed by atoms with E-state index in [4.69, 9.17) is 4.74 Å². The number of fused-ring (bicyclic) bond motifs is 1. The van der Waals surface area contributed by atoms with Gasteiger partial charge < -0.3 is 4.74 Å². The van der Waals surface area contributed by atoms with Gasteiger partial charge in [-0.25, -0.2) is 0 Å². The van der Waals surface area contributed by atoms with Crippen LogP contribution in [0.25, 0.3) is 33.0 Å². The minimum absolute atomic E-state index is 0.524. The summed E-state index contributed by atoms with van der Waals surface area (Å²) >= 11 is 1.79. The summed E-state index contributed by atoms with van der Waals surface area (Å²) in [6.07, 6.45) is 2.99. The molecule has 0 fully saturated rings. The van der Waals surface area contributed by atoms with Crippen LogP contribution >= 0.6 is 11.8 Å². The van der Waals surface area contributed by atoms with Gasteiger partial charge in [-0.05, 0) is 75.2 Å². The number of thioether (sulfide) groups is 1. The molecule has 6 rings (SSSR count). The third-order valence-corrected chi connectivity index (χ3v) is 7.90. The summed E-state index contributed by atoms with van der Waals surface area (Å²) in [5.41, 5.74) is 8.66. The Bertz CT molecular complexity index is 1680. The zero-order valence-corrected chi connectivity index (χ0v) is 22.8. The minimum atomic E-state index is 0.524. The molecule has 0 amide bonds. The molecule has 0 saturated carbocycles. The molecule has 6 aromatic carbocycles. The van der Waals surface area contributed by atoms with Gasteiger partial charge in [-0.1, -0.05) is 121 Å². The smallest absolute Gasteiger partial charge is 0.127 e. The van der Waals surface area contributed by atoms with Crippen molar-refractivity contribution in [2.45, 2.75) is 17.9 Å². The van der Waals surface area contributed by atoms with Gasteiger partial charge in [0.15, 0.2) is 0 Å². The van der Waals surface area contributed by atoms with E-state index in [-0.39, 0.29) is 0 Å². The van der Waals surface area contributed by atoms with Crippen LogP contribution in [-0.4, -0.2) is 6.26 Å². The van der Waals surface area contributed by atoms with E-state index in [0.29, 0.717) is 6.61 Å². The normalized spacial score (nSPS) is 11.0. The fourth-order valence-corrected chi connectivity index (χ4v) is 5.87. The van der Waals surface area contributed by atoms with Gasteiger partial charge in [0.25, 0.3) is 0 Å². The van der Waals surface area contributed by atoms with Crippen molar-refractivity contribution in [3.8, 4) is 28.0 Å². The highest BCUT2D eigenvalue weighted by atomic mass is 32.2. The maximum atomic E-state index is 6.63. The lowest BCUT2D eigenvalue weighted by atomic mass is 9.88. The summed E-state index contributed by atoms with van der Waals surface area (Å²) in [7, 11) is 0. The second-order valence-corrected chi connectivity index (χ2v) is 10.5. The molecule has 0 N–H and O–H groups in total. The average molecular weight is 523 g/mol. The Hall–Kier alpha value is -4.27. The molecule has 2 heteroatoms. The van der Waals surface area contributed by atoms with Gasteiger partial charge in [-0.3, -0.25) is 0 Å². The first kappa shape index (κ1) is 25.0. The Kier molecular flexibility index (Phi) is 7.47. The molecule has 0 atom stereocenters. The van der Waals surface area contributed by atoms with Crippen molar-refractivity contribution >= 4 is 22.5 Å². The molecule has 0 aliphatic carbocycles. The van der Waals surface area contributed by atoms with Crippen LogP contribution in [0.15, 0.2) is 144 Å². The maximum Gasteiger partial charge on any atom is 0.127 e. The van der Waals surface area contributed by atoms with Crippen molar-refractivity contribution in [2.24, 2.45) is 0 Å². The minimum Gasteiger partial charge on any atom is -0.488 e. The Balaban J connectivity index is 1.61. The summed E-state index contributed by atoms with van der Waals surface area (Å²) in [5.74, 6) is 0.921. The first-order valence-electron chi connectivity index (χ1n) is 13.3. The molecule has 0 unspecified atom stereocenters. The van der Waals surface area contributed by atoms with Crippen molar-refractivity contribution in [3.05, 3.63) is 156 Å². The summed E-state index contributed by atoms with van der Waals surface area (Å²) in [5, 5.41) is 2.36. The Morgan fingerprint density at radius 2 is 1.13 bits per heavy atom. The summed E-state index contributed by atoms with van der Waals surface area (Å²) in [6, 6.07) is 49.5. The summed E-state index contributed by atoms with van der Waals surface area (Å²) in [4.78, 5) is 1.26. The van der Waals surface area contributed by atoms with Gasteiger partial charge in [0.1, 0.15) is 12.4 Å². The average Bonchev–Trinajstić information content (AvgIpc) is 3.01. The third kappa shape index (κ3) is 5.48. The molecule has 1 nitrogen and oxygen atoms in total. The highest BCUT2D eigenvalue weighted by molar-refractivity contribution is 7.98. The Morgan fingerprint density at radius 3 is 1.74 bits per heavy atom. The van der Waals surface area contributed by atoms with Crippen molar-refractivity contribution in [2.75, 3.05) is 6.26 Å². The molecule has 0 bridgehead atoms. The van der Waals surface area contributed by atoms with Crippen LogP contribution in [0.3, 0.4) is 0 Å². The van der Waals surface area contributed by atoms with Gasteiger partial charge in [-0.2, -0.15) is 0 Å². The molecule has 0 heterocycles. The van der Waals surface area contributed by atoms with E-state index in [1.165, 1.54) is 43.7 Å². The molecular weight excluding hydrogens is 492 g/mol. The highest BCUT2D eigenvalue weighted by Crippen LogP contribution is 2.44. The van der Waals surface area contributed by atoms with Crippen molar-refractivity contribution in [1.82, 2.24) is 0 Å². The number of ether oxygens (including phenoxy) is 1. The second kappa shape index (κ2) is 11.6. The molecule has 6 aromatic rings. The van der Waals surface area contributed by atoms with Crippen LogP contribution in [0.5, 0.6) is 5.75 Å². The summed E-state index contributed by atoms with van der Waals surface area (Å²) in [6.45, 7) is 0.524. The van der Waals surface area contributed by atoms with Gasteiger partial charge >= 0.3 is 0 Å². The number of benzene rings is 6. The fraction of sp³-hybridized carbons (Fsp3) is 0.0811. The molecule has 39 heavy (non-hydrogen) atoms. The lowest BCUT2D eigenvalue weighted by molar-refractivity contribution is 0.310. The zero-order chi connectivity index (χ0) is 26.4. The van der Waals surface area contributed by atoms with Crippen molar-refractivity contribution < 1.29 is 4.74 Å². The third-order valence-electron chi connectivity index (χ3n) is 7.12. The second-order valence-electron chi connectivity index (χ2n) is 9.68. The number of rotatable bonds is 8. The molecule has 0 aliphatic rings. The topological polar surface area (TPSA) is 9.23 Å². The quantitative estimate of drug-likeness (QED) is 0.184. The van der Waals surface area contributed by atoms with Crippen LogP contribution < -0.4 is 4.74 Å². The highest BCUT2D eigenvalue weighted by Gasteiger charge is 2.18. The SMILES string of the molecule is CSc1cc2c(-c3ccccc3)c(Cc3ccccc3)cc(OCc3ccccc3)c2cc1-c1ccccc1. The number of hydrogen-bond donors (Lipinski definition) is 0. The lowest BCUT2D eigenvalue weighted by Crippen LogP contribution is -2.01. The Morgan fingerprint density at radius 1 is 0.564 bits per heavy atom. The molecule has 0 radical (unpaired) electrons. The molecule has 0 aliphatic heterocycles. The van der Waals surface area contributed by atoms with E-state index < -0.39 is 0 Å². The van der Waals surface area contributed by atoms with Crippen LogP contribution in [0.4, 0.5) is 0 Å². The fourth-order valence-electron chi connectivity index (χ4n) is 5.24.